The third kappa shape index (κ3) is 3.79. The van der Waals surface area contributed by atoms with Gasteiger partial charge in [0.2, 0.25) is 5.91 Å². The van der Waals surface area contributed by atoms with Crippen molar-refractivity contribution in [3.63, 3.8) is 0 Å². The van der Waals surface area contributed by atoms with Gasteiger partial charge in [-0.15, -0.1) is 0 Å². The first kappa shape index (κ1) is 16.6. The minimum atomic E-state index is 0.182. The van der Waals surface area contributed by atoms with Gasteiger partial charge in [-0.2, -0.15) is 0 Å². The molecule has 1 amide bonds. The molecule has 3 rings (SSSR count). The average Bonchev–Trinajstić information content (AvgIpc) is 3.08. The molecule has 2 aromatic heterocycles. The second-order valence-corrected chi connectivity index (χ2v) is 6.58. The molecule has 1 atom stereocenters. The molecule has 1 aliphatic rings. The summed E-state index contributed by atoms with van der Waals surface area (Å²) < 4.78 is 0. The molecular formula is C17H24N6O. The number of likely N-dealkylation sites (tertiary alicyclic amines) is 1. The van der Waals surface area contributed by atoms with Gasteiger partial charge in [0.05, 0.1) is 6.54 Å². The fourth-order valence-electron chi connectivity index (χ4n) is 3.14. The molecule has 1 aliphatic heterocycles. The van der Waals surface area contributed by atoms with E-state index in [2.05, 4.69) is 19.9 Å². The van der Waals surface area contributed by atoms with E-state index in [1.807, 2.05) is 36.9 Å². The number of nitrogens with zero attached hydrogens (tertiary/aromatic N) is 5. The minimum Gasteiger partial charge on any atom is -0.343 e. The molecule has 0 radical (unpaired) electrons. The number of amides is 1. The van der Waals surface area contributed by atoms with Crippen molar-refractivity contribution in [3.05, 3.63) is 30.0 Å². The summed E-state index contributed by atoms with van der Waals surface area (Å²) in [6, 6.07) is 2.00. The smallest absolute Gasteiger partial charge is 0.236 e. The van der Waals surface area contributed by atoms with Gasteiger partial charge in [-0.3, -0.25) is 4.79 Å². The van der Waals surface area contributed by atoms with Gasteiger partial charge in [0.1, 0.15) is 11.5 Å². The number of aromatic amines is 1. The lowest BCUT2D eigenvalue weighted by atomic mass is 9.94. The largest absolute Gasteiger partial charge is 0.343 e. The van der Waals surface area contributed by atoms with Gasteiger partial charge in [0.25, 0.3) is 0 Å². The van der Waals surface area contributed by atoms with E-state index in [1.165, 1.54) is 0 Å². The molecule has 1 saturated heterocycles. The van der Waals surface area contributed by atoms with Crippen LogP contribution in [0.4, 0.5) is 0 Å². The van der Waals surface area contributed by atoms with Crippen LogP contribution in [0.15, 0.2) is 18.5 Å². The predicted molar refractivity (Wildman–Crippen MR) is 91.5 cm³/mol. The van der Waals surface area contributed by atoms with Crippen LogP contribution in [0.2, 0.25) is 0 Å². The summed E-state index contributed by atoms with van der Waals surface area (Å²) >= 11 is 0. The maximum atomic E-state index is 12.3. The average molecular weight is 328 g/mol. The number of carbonyl (C=O) groups is 1. The van der Waals surface area contributed by atoms with E-state index in [4.69, 9.17) is 0 Å². The minimum absolute atomic E-state index is 0.182. The van der Waals surface area contributed by atoms with E-state index in [0.717, 1.165) is 49.0 Å². The van der Waals surface area contributed by atoms with E-state index < -0.39 is 0 Å². The SMILES string of the molecule is Cc1nc(-c2ncc[nH]2)cc(C2CCCN(C(=O)CN(C)C)C2)n1. The van der Waals surface area contributed by atoms with Crippen LogP contribution >= 0.6 is 0 Å². The van der Waals surface area contributed by atoms with Gasteiger partial charge >= 0.3 is 0 Å². The summed E-state index contributed by atoms with van der Waals surface area (Å²) in [6.07, 6.45) is 5.55. The van der Waals surface area contributed by atoms with Gasteiger partial charge in [0.15, 0.2) is 5.82 Å². The fourth-order valence-corrected chi connectivity index (χ4v) is 3.14. The molecule has 0 aliphatic carbocycles. The molecule has 0 saturated carbocycles. The third-order valence-electron chi connectivity index (χ3n) is 4.24. The van der Waals surface area contributed by atoms with Gasteiger partial charge < -0.3 is 14.8 Å². The molecule has 24 heavy (non-hydrogen) atoms. The van der Waals surface area contributed by atoms with Crippen molar-refractivity contribution in [2.75, 3.05) is 33.7 Å². The van der Waals surface area contributed by atoms with E-state index in [1.54, 1.807) is 12.4 Å². The van der Waals surface area contributed by atoms with Gasteiger partial charge in [-0.05, 0) is 39.9 Å². The highest BCUT2D eigenvalue weighted by molar-refractivity contribution is 5.78. The summed E-state index contributed by atoms with van der Waals surface area (Å²) in [5.41, 5.74) is 1.80. The molecule has 0 spiro atoms. The van der Waals surface area contributed by atoms with Crippen molar-refractivity contribution in [2.45, 2.75) is 25.7 Å². The number of piperidine rings is 1. The highest BCUT2D eigenvalue weighted by Gasteiger charge is 2.26. The lowest BCUT2D eigenvalue weighted by Gasteiger charge is -2.33. The van der Waals surface area contributed by atoms with Crippen LogP contribution in [-0.4, -0.2) is 69.4 Å². The maximum absolute atomic E-state index is 12.3. The molecule has 1 N–H and O–H groups in total. The zero-order valence-electron chi connectivity index (χ0n) is 14.5. The molecule has 2 aromatic rings. The Labute approximate surface area is 142 Å². The zero-order valence-corrected chi connectivity index (χ0v) is 14.5. The van der Waals surface area contributed by atoms with Crippen molar-refractivity contribution in [1.82, 2.24) is 29.7 Å². The van der Waals surface area contributed by atoms with Crippen molar-refractivity contribution in [3.8, 4) is 11.5 Å². The first-order valence-corrected chi connectivity index (χ1v) is 8.31. The summed E-state index contributed by atoms with van der Waals surface area (Å²) in [5, 5.41) is 0. The summed E-state index contributed by atoms with van der Waals surface area (Å²) in [5.74, 6) is 1.91. The molecule has 3 heterocycles. The number of hydrogen-bond donors (Lipinski definition) is 1. The molecule has 0 aromatic carbocycles. The molecular weight excluding hydrogens is 304 g/mol. The number of rotatable bonds is 4. The maximum Gasteiger partial charge on any atom is 0.236 e. The number of aromatic nitrogens is 4. The fraction of sp³-hybridized carbons (Fsp3) is 0.529. The number of imidazole rings is 1. The Morgan fingerprint density at radius 1 is 1.42 bits per heavy atom. The Morgan fingerprint density at radius 2 is 2.25 bits per heavy atom. The van der Waals surface area contributed by atoms with Crippen LogP contribution in [0.5, 0.6) is 0 Å². The summed E-state index contributed by atoms with van der Waals surface area (Å²) in [6.45, 7) is 3.90. The molecule has 1 fully saturated rings. The Morgan fingerprint density at radius 3 is 2.96 bits per heavy atom. The number of H-pyrrole nitrogens is 1. The Kier molecular flexibility index (Phi) is 4.89. The monoisotopic (exact) mass is 328 g/mol. The number of aryl methyl sites for hydroxylation is 1. The normalized spacial score (nSPS) is 18.2. The first-order chi connectivity index (χ1) is 11.5. The van der Waals surface area contributed by atoms with Crippen LogP contribution in [0.25, 0.3) is 11.5 Å². The summed E-state index contributed by atoms with van der Waals surface area (Å²) in [7, 11) is 3.84. The highest BCUT2D eigenvalue weighted by atomic mass is 16.2. The Bertz CT molecular complexity index is 697. The first-order valence-electron chi connectivity index (χ1n) is 8.31. The van der Waals surface area contributed by atoms with E-state index in [9.17, 15) is 4.79 Å². The second kappa shape index (κ2) is 7.09. The predicted octanol–water partition coefficient (Wildman–Crippen LogP) is 1.44. The third-order valence-corrected chi connectivity index (χ3v) is 4.24. The molecule has 0 bridgehead atoms. The van der Waals surface area contributed by atoms with Crippen LogP contribution < -0.4 is 0 Å². The van der Waals surface area contributed by atoms with Crippen LogP contribution in [-0.2, 0) is 4.79 Å². The highest BCUT2D eigenvalue weighted by Crippen LogP contribution is 2.27. The van der Waals surface area contributed by atoms with Crippen LogP contribution in [0.3, 0.4) is 0 Å². The van der Waals surface area contributed by atoms with Crippen LogP contribution in [0.1, 0.15) is 30.3 Å². The van der Waals surface area contributed by atoms with Crippen molar-refractivity contribution in [1.29, 1.82) is 0 Å². The van der Waals surface area contributed by atoms with Gasteiger partial charge in [0, 0.05) is 37.1 Å². The quantitative estimate of drug-likeness (QED) is 0.919. The Hall–Kier alpha value is -2.28. The summed E-state index contributed by atoms with van der Waals surface area (Å²) in [4.78, 5) is 32.7. The number of carbonyl (C=O) groups excluding carboxylic acids is 1. The van der Waals surface area contributed by atoms with Gasteiger partial charge in [-0.1, -0.05) is 0 Å². The standard InChI is InChI=1S/C17H24N6O/c1-12-20-14(9-15(21-12)17-18-6-7-19-17)13-5-4-8-23(10-13)16(24)11-22(2)3/h6-7,9,13H,4-5,8,10-11H2,1-3H3,(H,18,19). The van der Waals surface area contributed by atoms with E-state index in [-0.39, 0.29) is 11.8 Å². The number of likely N-dealkylation sites (N-methyl/N-ethyl adjacent to an activating group) is 1. The van der Waals surface area contributed by atoms with Crippen LogP contribution in [0, 0.1) is 6.92 Å². The lowest BCUT2D eigenvalue weighted by Crippen LogP contribution is -2.43. The number of nitrogens with one attached hydrogen (secondary N) is 1. The van der Waals surface area contributed by atoms with Crippen molar-refractivity contribution in [2.24, 2.45) is 0 Å². The van der Waals surface area contributed by atoms with Crippen molar-refractivity contribution >= 4 is 5.91 Å². The topological polar surface area (TPSA) is 78.0 Å². The van der Waals surface area contributed by atoms with Gasteiger partial charge in [-0.25, -0.2) is 15.0 Å². The van der Waals surface area contributed by atoms with Crippen molar-refractivity contribution < 1.29 is 4.79 Å². The Balaban J connectivity index is 1.79. The molecule has 7 nitrogen and oxygen atoms in total. The molecule has 7 heteroatoms. The molecule has 128 valence electrons. The lowest BCUT2D eigenvalue weighted by molar-refractivity contribution is -0.133. The molecule has 1 unspecified atom stereocenters. The number of hydrogen-bond acceptors (Lipinski definition) is 5. The second-order valence-electron chi connectivity index (χ2n) is 6.58. The van der Waals surface area contributed by atoms with E-state index in [0.29, 0.717) is 6.54 Å². The zero-order chi connectivity index (χ0) is 17.1. The van der Waals surface area contributed by atoms with E-state index >= 15 is 0 Å².